The molecule has 0 bridgehead atoms. The Kier molecular flexibility index (Phi) is 7.67. The van der Waals surface area contributed by atoms with Gasteiger partial charge in [-0.15, -0.1) is 0 Å². The molecule has 1 aliphatic carbocycles. The topological polar surface area (TPSA) is 141 Å². The fourth-order valence-electron chi connectivity index (χ4n) is 4.63. The lowest BCUT2D eigenvalue weighted by atomic mass is 10.3. The van der Waals surface area contributed by atoms with Crippen molar-refractivity contribution in [3.8, 4) is 0 Å². The van der Waals surface area contributed by atoms with Gasteiger partial charge in [0.15, 0.2) is 10.3 Å². The second-order valence-corrected chi connectivity index (χ2v) is 14.5. The summed E-state index contributed by atoms with van der Waals surface area (Å²) in [6.45, 7) is 0. The summed E-state index contributed by atoms with van der Waals surface area (Å²) in [6.07, 6.45) is 12.2. The van der Waals surface area contributed by atoms with Crippen molar-refractivity contribution in [2.45, 2.75) is 32.7 Å². The van der Waals surface area contributed by atoms with Crippen molar-refractivity contribution in [3.05, 3.63) is 85.2 Å². The van der Waals surface area contributed by atoms with E-state index >= 15 is 0 Å². The monoisotopic (exact) mass is 702 g/mol. The van der Waals surface area contributed by atoms with Crippen molar-refractivity contribution in [1.82, 2.24) is 38.7 Å². The van der Waals surface area contributed by atoms with E-state index in [1.54, 1.807) is 43.0 Å². The number of amides is 1. The number of imidazole rings is 2. The van der Waals surface area contributed by atoms with Crippen molar-refractivity contribution in [3.63, 3.8) is 0 Å². The zero-order chi connectivity index (χ0) is 32.1. The van der Waals surface area contributed by atoms with Gasteiger partial charge in [-0.2, -0.15) is 0 Å². The van der Waals surface area contributed by atoms with Crippen LogP contribution in [0.15, 0.2) is 93.4 Å². The molecule has 0 radical (unpaired) electrons. The van der Waals surface area contributed by atoms with Crippen LogP contribution >= 0.6 is 46.2 Å². The van der Waals surface area contributed by atoms with Crippen LogP contribution in [0.2, 0.25) is 0 Å². The Labute approximate surface area is 280 Å². The molecule has 1 fully saturated rings. The van der Waals surface area contributed by atoms with E-state index in [4.69, 9.17) is 5.73 Å². The number of rotatable bonds is 6. The number of nitrogens with one attached hydrogen (secondary N) is 1. The third-order valence-corrected chi connectivity index (χ3v) is 10.9. The number of nitrogen functional groups attached to an aromatic ring is 1. The molecule has 8 aromatic rings. The molecule has 0 spiro atoms. The van der Waals surface area contributed by atoms with Crippen LogP contribution in [-0.4, -0.2) is 44.6 Å². The molecule has 1 amide bonds. The molecule has 6 aromatic heterocycles. The van der Waals surface area contributed by atoms with Gasteiger partial charge in [-0.05, 0) is 37.1 Å². The molecule has 0 atom stereocenters. The van der Waals surface area contributed by atoms with Gasteiger partial charge in [-0.25, -0.2) is 38.7 Å². The number of thiazole rings is 2. The molecule has 6 heterocycles. The van der Waals surface area contributed by atoms with Crippen molar-refractivity contribution >= 4 is 94.4 Å². The lowest BCUT2D eigenvalue weighted by Crippen LogP contribution is -2.12. The van der Waals surface area contributed by atoms with Crippen LogP contribution in [0.5, 0.6) is 0 Å². The van der Waals surface area contributed by atoms with Gasteiger partial charge in [0, 0.05) is 42.8 Å². The van der Waals surface area contributed by atoms with E-state index in [2.05, 4.69) is 35.2 Å². The number of nitrogens with zero attached hydrogens (tertiary/aromatic N) is 8. The fraction of sp³-hybridized carbons (Fsp3) is 0.100. The lowest BCUT2D eigenvalue weighted by molar-refractivity contribution is -0.117. The molecule has 11 nitrogen and oxygen atoms in total. The molecule has 0 aliphatic heterocycles. The van der Waals surface area contributed by atoms with E-state index in [0.717, 1.165) is 32.3 Å². The van der Waals surface area contributed by atoms with Crippen molar-refractivity contribution in [2.75, 3.05) is 11.1 Å². The summed E-state index contributed by atoms with van der Waals surface area (Å²) < 4.78 is 34.0. The highest BCUT2D eigenvalue weighted by Crippen LogP contribution is 2.37. The molecule has 3 N–H and O–H groups in total. The van der Waals surface area contributed by atoms with Gasteiger partial charge in [-0.3, -0.25) is 13.6 Å². The highest BCUT2D eigenvalue weighted by molar-refractivity contribution is 7.99. The molecule has 1 aliphatic rings. The van der Waals surface area contributed by atoms with Crippen LogP contribution in [-0.2, 0) is 4.79 Å². The Morgan fingerprint density at radius 1 is 0.809 bits per heavy atom. The van der Waals surface area contributed by atoms with E-state index in [0.29, 0.717) is 42.6 Å². The highest BCUT2D eigenvalue weighted by atomic mass is 32.2. The Balaban J connectivity index is 0.000000141. The Bertz CT molecular complexity index is 2450. The number of aromatic nitrogens is 8. The minimum atomic E-state index is -0.355. The van der Waals surface area contributed by atoms with Crippen LogP contribution in [0.1, 0.15) is 12.8 Å². The van der Waals surface area contributed by atoms with Gasteiger partial charge in [0.2, 0.25) is 17.5 Å². The quantitative estimate of drug-likeness (QED) is 0.183. The van der Waals surface area contributed by atoms with Crippen molar-refractivity contribution in [2.24, 2.45) is 5.92 Å². The maximum Gasteiger partial charge on any atom is 0.234 e. The predicted octanol–water partition coefficient (Wildman–Crippen LogP) is 7.19. The standard InChI is InChI=1S/C17H12FN5OS2.C13H8FN5S2/c18-10-6-11-13(26-17(21-11)22-15(24)9-2-3-9)7-12(10)25-14-8-20-16-19-4-1-5-23(14)16;14-7-4-8-10(21-12(15)18-8)5-9(7)20-11-6-17-13-16-2-1-3-19(11)13/h1,4-9H,2-3H2,(H,21,22,24);1-6H,(H2,15,18). The number of anilines is 2. The number of halogens is 2. The second kappa shape index (κ2) is 12.1. The summed E-state index contributed by atoms with van der Waals surface area (Å²) in [5, 5.41) is 5.34. The first-order chi connectivity index (χ1) is 22.9. The molecular weight excluding hydrogens is 683 g/mol. The van der Waals surface area contributed by atoms with E-state index < -0.39 is 0 Å². The van der Waals surface area contributed by atoms with Crippen LogP contribution in [0.4, 0.5) is 19.0 Å². The van der Waals surface area contributed by atoms with E-state index in [1.165, 1.54) is 58.3 Å². The average molecular weight is 703 g/mol. The molecule has 9 rings (SSSR count). The maximum absolute atomic E-state index is 14.5. The average Bonchev–Trinajstić information content (AvgIpc) is 3.34. The Hall–Kier alpha value is -4.71. The highest BCUT2D eigenvalue weighted by Gasteiger charge is 2.30. The Morgan fingerprint density at radius 2 is 1.36 bits per heavy atom. The number of benzene rings is 2. The first kappa shape index (κ1) is 29.7. The van der Waals surface area contributed by atoms with E-state index in [9.17, 15) is 13.6 Å². The fourth-order valence-corrected chi connectivity index (χ4v) is 8.23. The normalized spacial score (nSPS) is 13.0. The van der Waals surface area contributed by atoms with Crippen LogP contribution in [0, 0.1) is 17.6 Å². The largest absolute Gasteiger partial charge is 0.375 e. The minimum Gasteiger partial charge on any atom is -0.375 e. The SMILES string of the molecule is Nc1nc2cc(F)c(Sc3cnc4ncccn34)cc2s1.O=C(Nc1nc2cc(F)c(Sc3cnc4ncccn34)cc2s1)C1CC1. The van der Waals surface area contributed by atoms with Gasteiger partial charge in [0.25, 0.3) is 0 Å². The number of hydrogen-bond acceptors (Lipinski definition) is 12. The first-order valence-electron chi connectivity index (χ1n) is 14.1. The Morgan fingerprint density at radius 3 is 1.94 bits per heavy atom. The summed E-state index contributed by atoms with van der Waals surface area (Å²) >= 11 is 5.27. The third-order valence-electron chi connectivity index (χ3n) is 7.02. The molecule has 1 saturated carbocycles. The first-order valence-corrected chi connectivity index (χ1v) is 17.3. The summed E-state index contributed by atoms with van der Waals surface area (Å²) in [7, 11) is 0. The van der Waals surface area contributed by atoms with Gasteiger partial charge in [0.1, 0.15) is 21.7 Å². The smallest absolute Gasteiger partial charge is 0.234 e. The number of nitrogens with two attached hydrogens (primary N) is 1. The number of carbonyl (C=O) groups excluding carboxylic acids is 1. The number of carbonyl (C=O) groups is 1. The zero-order valence-corrected chi connectivity index (χ0v) is 27.1. The van der Waals surface area contributed by atoms with E-state index in [1.807, 2.05) is 27.3 Å². The van der Waals surface area contributed by atoms with Crippen LogP contribution < -0.4 is 11.1 Å². The van der Waals surface area contributed by atoms with Crippen molar-refractivity contribution < 1.29 is 13.6 Å². The third kappa shape index (κ3) is 6.09. The molecule has 47 heavy (non-hydrogen) atoms. The summed E-state index contributed by atoms with van der Waals surface area (Å²) in [4.78, 5) is 38.0. The van der Waals surface area contributed by atoms with Gasteiger partial charge in [-0.1, -0.05) is 46.2 Å². The van der Waals surface area contributed by atoms with E-state index in [-0.39, 0.29) is 23.5 Å². The molecule has 17 heteroatoms. The molecule has 234 valence electrons. The molecule has 2 aromatic carbocycles. The van der Waals surface area contributed by atoms with Crippen LogP contribution in [0.3, 0.4) is 0 Å². The minimum absolute atomic E-state index is 0.00245. The maximum atomic E-state index is 14.5. The van der Waals surface area contributed by atoms with Gasteiger partial charge in [0.05, 0.1) is 42.6 Å². The number of hydrogen-bond donors (Lipinski definition) is 2. The molecule has 0 saturated heterocycles. The van der Waals surface area contributed by atoms with Crippen molar-refractivity contribution in [1.29, 1.82) is 0 Å². The van der Waals surface area contributed by atoms with Gasteiger partial charge >= 0.3 is 0 Å². The zero-order valence-electron chi connectivity index (χ0n) is 23.9. The summed E-state index contributed by atoms with van der Waals surface area (Å²) in [5.74, 6) is 0.581. The molecular formula is C30H20F2N10OS4. The van der Waals surface area contributed by atoms with Crippen LogP contribution in [0.25, 0.3) is 32.0 Å². The second-order valence-electron chi connectivity index (χ2n) is 10.3. The summed E-state index contributed by atoms with van der Waals surface area (Å²) in [6, 6.07) is 9.95. The predicted molar refractivity (Wildman–Crippen MR) is 179 cm³/mol. The number of fused-ring (bicyclic) bond motifs is 4. The molecule has 0 unspecified atom stereocenters. The van der Waals surface area contributed by atoms with Gasteiger partial charge < -0.3 is 11.1 Å². The lowest BCUT2D eigenvalue weighted by Gasteiger charge is -2.03. The summed E-state index contributed by atoms with van der Waals surface area (Å²) in [5.41, 5.74) is 6.78.